The summed E-state index contributed by atoms with van der Waals surface area (Å²) in [5.41, 5.74) is 12.4. The molecule has 0 amide bonds. The molecule has 0 N–H and O–H groups in total. The van der Waals surface area contributed by atoms with E-state index in [2.05, 4.69) is 189 Å². The Hall–Kier alpha value is -6.70. The number of allylic oxidation sites excluding steroid dienone is 5. The number of rotatable bonds is 3. The highest BCUT2D eigenvalue weighted by Crippen LogP contribution is 2.46. The Bertz CT molecular complexity index is 2870. The van der Waals surface area contributed by atoms with E-state index >= 15 is 0 Å². The number of hydrogen-bond acceptors (Lipinski definition) is 1. The van der Waals surface area contributed by atoms with Gasteiger partial charge in [0.2, 0.25) is 0 Å². The summed E-state index contributed by atoms with van der Waals surface area (Å²) < 4.78 is 6.85. The Morgan fingerprint density at radius 2 is 1.04 bits per heavy atom. The van der Waals surface area contributed by atoms with Crippen molar-refractivity contribution in [1.82, 2.24) is 0 Å². The van der Waals surface area contributed by atoms with Crippen molar-refractivity contribution in [2.24, 2.45) is 0 Å². The molecular weight excluding hydrogens is 629 g/mol. The second kappa shape index (κ2) is 12.3. The molecule has 0 fully saturated rings. The van der Waals surface area contributed by atoms with Crippen molar-refractivity contribution in [1.29, 1.82) is 0 Å². The fourth-order valence-corrected chi connectivity index (χ4v) is 8.16. The molecule has 1 aliphatic rings. The molecule has 0 saturated heterocycles. The summed E-state index contributed by atoms with van der Waals surface area (Å²) in [6.07, 6.45) is 9.29. The first kappa shape index (κ1) is 30.2. The Balaban J connectivity index is 1.15. The van der Waals surface area contributed by atoms with E-state index in [-0.39, 0.29) is 0 Å². The average Bonchev–Trinajstić information content (AvgIpc) is 3.58. The van der Waals surface area contributed by atoms with Crippen LogP contribution in [0.3, 0.4) is 0 Å². The maximum absolute atomic E-state index is 6.85. The summed E-state index contributed by atoms with van der Waals surface area (Å²) in [6, 6.07) is 57.2. The maximum Gasteiger partial charge on any atom is 0.143 e. The van der Waals surface area contributed by atoms with E-state index in [1.165, 1.54) is 65.7 Å². The summed E-state index contributed by atoms with van der Waals surface area (Å²) >= 11 is 0. The lowest BCUT2D eigenvalue weighted by Gasteiger charge is -2.18. The molecule has 1 aromatic heterocycles. The van der Waals surface area contributed by atoms with Crippen molar-refractivity contribution in [2.75, 3.05) is 0 Å². The molecule has 0 bridgehead atoms. The van der Waals surface area contributed by atoms with E-state index in [1.54, 1.807) is 0 Å². The molecule has 1 heterocycles. The minimum Gasteiger partial charge on any atom is -0.455 e. The van der Waals surface area contributed by atoms with Crippen LogP contribution in [0.4, 0.5) is 0 Å². The van der Waals surface area contributed by atoms with Crippen LogP contribution >= 0.6 is 0 Å². The van der Waals surface area contributed by atoms with Gasteiger partial charge in [-0.25, -0.2) is 0 Å². The van der Waals surface area contributed by atoms with E-state index in [0.29, 0.717) is 0 Å². The van der Waals surface area contributed by atoms with Crippen molar-refractivity contribution in [2.45, 2.75) is 6.42 Å². The quantitative estimate of drug-likeness (QED) is 0.172. The first-order chi connectivity index (χ1) is 25.7. The molecule has 1 aliphatic carbocycles. The zero-order chi connectivity index (χ0) is 34.6. The summed E-state index contributed by atoms with van der Waals surface area (Å²) in [6.45, 7) is 4.48. The monoisotopic (exact) mass is 662 g/mol. The highest BCUT2D eigenvalue weighted by molar-refractivity contribution is 6.22. The first-order valence-electron chi connectivity index (χ1n) is 17.9. The standard InChI is InChI=1S/C51H34O/c1-33-13-3-2-4-15-36-16-7-8-18-41(36)51-48(33)46-30-29-40(32-47(46)52-51)50-44-21-11-9-19-42(44)49(43-20-10-12-22-45(43)50)37-26-23-35(24-27-37)39-28-25-34-14-5-6-17-38(34)31-39/h2-14,16-32H,1,15H2/b4-2-,13-3-. The van der Waals surface area contributed by atoms with Gasteiger partial charge in [0, 0.05) is 16.5 Å². The predicted molar refractivity (Wildman–Crippen MR) is 221 cm³/mol. The highest BCUT2D eigenvalue weighted by atomic mass is 16.3. The molecule has 0 unspecified atom stereocenters. The summed E-state index contributed by atoms with van der Waals surface area (Å²) in [5, 5.41) is 8.48. The zero-order valence-corrected chi connectivity index (χ0v) is 28.6. The first-order valence-corrected chi connectivity index (χ1v) is 17.9. The van der Waals surface area contributed by atoms with Crippen LogP contribution in [0.5, 0.6) is 0 Å². The van der Waals surface area contributed by atoms with Crippen LogP contribution < -0.4 is 0 Å². The molecular formula is C51H34O. The van der Waals surface area contributed by atoms with Crippen molar-refractivity contribution >= 4 is 48.9 Å². The third-order valence-electron chi connectivity index (χ3n) is 10.6. The maximum atomic E-state index is 6.85. The van der Waals surface area contributed by atoms with Gasteiger partial charge in [-0.2, -0.15) is 0 Å². The molecule has 0 spiro atoms. The second-order valence-corrected chi connectivity index (χ2v) is 13.7. The van der Waals surface area contributed by atoms with Crippen molar-refractivity contribution < 1.29 is 4.42 Å². The number of benzene rings is 8. The van der Waals surface area contributed by atoms with Crippen molar-refractivity contribution in [3.8, 4) is 44.7 Å². The number of furan rings is 1. The lowest BCUT2D eigenvalue weighted by atomic mass is 9.85. The lowest BCUT2D eigenvalue weighted by molar-refractivity contribution is 0.630. The zero-order valence-electron chi connectivity index (χ0n) is 28.6. The van der Waals surface area contributed by atoms with Crippen molar-refractivity contribution in [3.63, 3.8) is 0 Å². The third kappa shape index (κ3) is 4.93. The van der Waals surface area contributed by atoms with Gasteiger partial charge < -0.3 is 4.42 Å². The SMILES string of the molecule is C=C1/C=C\C=C/Cc2ccccc2-c2oc3cc(-c4c5ccccc5c(-c5ccc(-c6ccc7ccccc7c6)cc5)c5ccccc45)ccc3c21. The highest BCUT2D eigenvalue weighted by Gasteiger charge is 2.22. The van der Waals surface area contributed by atoms with Crippen LogP contribution in [0.1, 0.15) is 11.1 Å². The van der Waals surface area contributed by atoms with Gasteiger partial charge in [0.25, 0.3) is 0 Å². The predicted octanol–water partition coefficient (Wildman–Crippen LogP) is 14.2. The van der Waals surface area contributed by atoms with Crippen LogP contribution in [0.15, 0.2) is 193 Å². The Morgan fingerprint density at radius 3 is 1.79 bits per heavy atom. The fraction of sp³-hybridized carbons (Fsp3) is 0.0196. The van der Waals surface area contributed by atoms with E-state index in [1.807, 2.05) is 0 Å². The van der Waals surface area contributed by atoms with Gasteiger partial charge in [-0.15, -0.1) is 0 Å². The number of fused-ring (bicyclic) bond motifs is 8. The van der Waals surface area contributed by atoms with Gasteiger partial charge in [0.05, 0.1) is 0 Å². The molecule has 244 valence electrons. The average molecular weight is 663 g/mol. The molecule has 0 radical (unpaired) electrons. The largest absolute Gasteiger partial charge is 0.455 e. The number of hydrogen-bond donors (Lipinski definition) is 0. The summed E-state index contributed by atoms with van der Waals surface area (Å²) in [5.74, 6) is 0.880. The van der Waals surface area contributed by atoms with Crippen molar-refractivity contribution in [3.05, 3.63) is 200 Å². The van der Waals surface area contributed by atoms with E-state index in [0.717, 1.165) is 45.4 Å². The molecule has 0 aliphatic heterocycles. The molecule has 1 heteroatoms. The van der Waals surface area contributed by atoms with Crippen LogP contribution in [0, 0.1) is 0 Å². The van der Waals surface area contributed by atoms with Gasteiger partial charge in [-0.3, -0.25) is 0 Å². The van der Waals surface area contributed by atoms with Crippen LogP contribution in [0.2, 0.25) is 0 Å². The van der Waals surface area contributed by atoms with E-state index in [9.17, 15) is 0 Å². The molecule has 10 rings (SSSR count). The van der Waals surface area contributed by atoms with Gasteiger partial charge >= 0.3 is 0 Å². The Labute approximate surface area is 303 Å². The normalized spacial score (nSPS) is 14.0. The Morgan fingerprint density at radius 1 is 0.442 bits per heavy atom. The Kier molecular flexibility index (Phi) is 7.11. The van der Waals surface area contributed by atoms with Gasteiger partial charge in [-0.05, 0) is 101 Å². The van der Waals surface area contributed by atoms with E-state index in [4.69, 9.17) is 4.42 Å². The molecule has 0 saturated carbocycles. The van der Waals surface area contributed by atoms with Crippen LogP contribution in [-0.4, -0.2) is 0 Å². The molecule has 9 aromatic rings. The van der Waals surface area contributed by atoms with Gasteiger partial charge in [-0.1, -0.05) is 170 Å². The third-order valence-corrected chi connectivity index (χ3v) is 10.6. The molecule has 52 heavy (non-hydrogen) atoms. The minimum absolute atomic E-state index is 0.839. The summed E-state index contributed by atoms with van der Waals surface area (Å²) in [4.78, 5) is 0. The molecule has 0 atom stereocenters. The minimum atomic E-state index is 0.839. The lowest BCUT2D eigenvalue weighted by Crippen LogP contribution is -1.91. The smallest absolute Gasteiger partial charge is 0.143 e. The summed E-state index contributed by atoms with van der Waals surface area (Å²) in [7, 11) is 0. The van der Waals surface area contributed by atoms with Crippen LogP contribution in [0.25, 0.3) is 93.6 Å². The van der Waals surface area contributed by atoms with Gasteiger partial charge in [0.15, 0.2) is 0 Å². The molecule has 8 aromatic carbocycles. The van der Waals surface area contributed by atoms with Crippen LogP contribution in [-0.2, 0) is 6.42 Å². The second-order valence-electron chi connectivity index (χ2n) is 13.7. The molecule has 1 nitrogen and oxygen atoms in total. The fourth-order valence-electron chi connectivity index (χ4n) is 8.16. The van der Waals surface area contributed by atoms with E-state index < -0.39 is 0 Å². The topological polar surface area (TPSA) is 13.1 Å². The van der Waals surface area contributed by atoms with Gasteiger partial charge in [0.1, 0.15) is 11.3 Å².